The zero-order valence-corrected chi connectivity index (χ0v) is 13.0. The van der Waals surface area contributed by atoms with Gasteiger partial charge in [-0.15, -0.1) is 0 Å². The molecular formula is C18H20ClNO. The average Bonchev–Trinajstić information content (AvgIpc) is 2.90. The Bertz CT molecular complexity index is 599. The van der Waals surface area contributed by atoms with Crippen LogP contribution in [0.5, 0.6) is 5.75 Å². The molecule has 0 N–H and O–H groups in total. The number of halogens is 1. The molecule has 0 aliphatic carbocycles. The number of ether oxygens (including phenoxy) is 1. The molecule has 1 unspecified atom stereocenters. The largest absolute Gasteiger partial charge is 0.489 e. The highest BCUT2D eigenvalue weighted by molar-refractivity contribution is 6.30. The lowest BCUT2D eigenvalue weighted by Gasteiger charge is -2.18. The molecule has 3 heteroatoms. The van der Waals surface area contributed by atoms with E-state index in [0.717, 1.165) is 42.4 Å². The SMILES string of the molecule is Cc1cc(Cl)ccc1OC1CCN(Cc2ccccc2)C1. The van der Waals surface area contributed by atoms with Gasteiger partial charge in [-0.3, -0.25) is 4.90 Å². The number of hydrogen-bond acceptors (Lipinski definition) is 2. The van der Waals surface area contributed by atoms with Gasteiger partial charge in [0.15, 0.2) is 0 Å². The third kappa shape index (κ3) is 3.78. The monoisotopic (exact) mass is 301 g/mol. The second-order valence-corrected chi connectivity index (χ2v) is 6.10. The lowest BCUT2D eigenvalue weighted by atomic mass is 10.2. The fourth-order valence-corrected chi connectivity index (χ4v) is 3.03. The second-order valence-electron chi connectivity index (χ2n) is 5.66. The summed E-state index contributed by atoms with van der Waals surface area (Å²) in [6, 6.07) is 16.4. The van der Waals surface area contributed by atoms with Crippen LogP contribution in [0.25, 0.3) is 0 Å². The second kappa shape index (κ2) is 6.50. The lowest BCUT2D eigenvalue weighted by Crippen LogP contribution is -2.24. The van der Waals surface area contributed by atoms with Crippen LogP contribution < -0.4 is 4.74 Å². The third-order valence-corrected chi connectivity index (χ3v) is 4.14. The Kier molecular flexibility index (Phi) is 4.47. The highest BCUT2D eigenvalue weighted by Crippen LogP contribution is 2.25. The smallest absolute Gasteiger partial charge is 0.122 e. The Morgan fingerprint density at radius 2 is 2.00 bits per heavy atom. The van der Waals surface area contributed by atoms with Crippen molar-refractivity contribution >= 4 is 11.6 Å². The van der Waals surface area contributed by atoms with E-state index in [4.69, 9.17) is 16.3 Å². The van der Waals surface area contributed by atoms with E-state index in [0.29, 0.717) is 0 Å². The number of hydrogen-bond donors (Lipinski definition) is 0. The van der Waals surface area contributed by atoms with Gasteiger partial charge in [0, 0.05) is 24.7 Å². The third-order valence-electron chi connectivity index (χ3n) is 3.91. The summed E-state index contributed by atoms with van der Waals surface area (Å²) in [4.78, 5) is 2.45. The predicted molar refractivity (Wildman–Crippen MR) is 86.9 cm³/mol. The van der Waals surface area contributed by atoms with Crippen molar-refractivity contribution in [2.45, 2.75) is 26.0 Å². The van der Waals surface area contributed by atoms with Crippen molar-refractivity contribution in [3.63, 3.8) is 0 Å². The Morgan fingerprint density at radius 3 is 2.76 bits per heavy atom. The molecule has 2 nitrogen and oxygen atoms in total. The predicted octanol–water partition coefficient (Wildman–Crippen LogP) is 4.30. The zero-order valence-electron chi connectivity index (χ0n) is 12.3. The molecular weight excluding hydrogens is 282 g/mol. The molecule has 0 aromatic heterocycles. The van der Waals surface area contributed by atoms with Gasteiger partial charge < -0.3 is 4.74 Å². The molecule has 21 heavy (non-hydrogen) atoms. The van der Waals surface area contributed by atoms with Crippen LogP contribution in [0.1, 0.15) is 17.5 Å². The van der Waals surface area contributed by atoms with Crippen LogP contribution >= 0.6 is 11.6 Å². The van der Waals surface area contributed by atoms with Gasteiger partial charge in [-0.1, -0.05) is 41.9 Å². The molecule has 0 spiro atoms. The maximum Gasteiger partial charge on any atom is 0.122 e. The van der Waals surface area contributed by atoms with Crippen LogP contribution in [-0.4, -0.2) is 24.1 Å². The van der Waals surface area contributed by atoms with Gasteiger partial charge in [-0.2, -0.15) is 0 Å². The van der Waals surface area contributed by atoms with Crippen molar-refractivity contribution in [3.8, 4) is 5.75 Å². The minimum atomic E-state index is 0.272. The normalized spacial score (nSPS) is 18.9. The van der Waals surface area contributed by atoms with E-state index in [1.165, 1.54) is 5.56 Å². The minimum absolute atomic E-state index is 0.272. The Morgan fingerprint density at radius 1 is 1.19 bits per heavy atom. The molecule has 0 saturated carbocycles. The van der Waals surface area contributed by atoms with Gasteiger partial charge in [0.1, 0.15) is 11.9 Å². The first-order chi connectivity index (χ1) is 10.2. The van der Waals surface area contributed by atoms with Gasteiger partial charge in [0.2, 0.25) is 0 Å². The van der Waals surface area contributed by atoms with Crippen LogP contribution in [0.4, 0.5) is 0 Å². The molecule has 1 aliphatic heterocycles. The molecule has 0 radical (unpaired) electrons. The van der Waals surface area contributed by atoms with Crippen LogP contribution in [0.15, 0.2) is 48.5 Å². The number of aryl methyl sites for hydroxylation is 1. The molecule has 0 bridgehead atoms. The number of rotatable bonds is 4. The Labute approximate surface area is 131 Å². The highest BCUT2D eigenvalue weighted by atomic mass is 35.5. The van der Waals surface area contributed by atoms with E-state index < -0.39 is 0 Å². The summed E-state index contributed by atoms with van der Waals surface area (Å²) >= 11 is 5.98. The van der Waals surface area contributed by atoms with Gasteiger partial charge in [0.05, 0.1) is 0 Å². The van der Waals surface area contributed by atoms with E-state index in [2.05, 4.69) is 35.2 Å². The van der Waals surface area contributed by atoms with Crippen LogP contribution in [0, 0.1) is 6.92 Å². The summed E-state index contributed by atoms with van der Waals surface area (Å²) < 4.78 is 6.13. The molecule has 0 amide bonds. The minimum Gasteiger partial charge on any atom is -0.489 e. The van der Waals surface area contributed by atoms with Gasteiger partial charge >= 0.3 is 0 Å². The van der Waals surface area contributed by atoms with Gasteiger partial charge in [0.25, 0.3) is 0 Å². The van der Waals surface area contributed by atoms with Crippen molar-refractivity contribution in [1.82, 2.24) is 4.90 Å². The molecule has 1 fully saturated rings. The zero-order chi connectivity index (χ0) is 14.7. The molecule has 1 atom stereocenters. The maximum atomic E-state index is 6.13. The maximum absolute atomic E-state index is 6.13. The van der Waals surface area contributed by atoms with E-state index in [1.54, 1.807) is 0 Å². The topological polar surface area (TPSA) is 12.5 Å². The number of nitrogens with zero attached hydrogens (tertiary/aromatic N) is 1. The summed E-state index contributed by atoms with van der Waals surface area (Å²) in [6.45, 7) is 5.11. The first kappa shape index (κ1) is 14.4. The summed E-state index contributed by atoms with van der Waals surface area (Å²) in [5.41, 5.74) is 2.46. The average molecular weight is 302 g/mol. The number of likely N-dealkylation sites (tertiary alicyclic amines) is 1. The van der Waals surface area contributed by atoms with Crippen molar-refractivity contribution in [2.24, 2.45) is 0 Å². The number of benzene rings is 2. The van der Waals surface area contributed by atoms with Crippen molar-refractivity contribution in [3.05, 3.63) is 64.7 Å². The Balaban J connectivity index is 1.57. The van der Waals surface area contributed by atoms with Crippen LogP contribution in [0.2, 0.25) is 5.02 Å². The van der Waals surface area contributed by atoms with E-state index in [1.807, 2.05) is 25.1 Å². The van der Waals surface area contributed by atoms with Crippen LogP contribution in [0.3, 0.4) is 0 Å². The first-order valence-electron chi connectivity index (χ1n) is 7.40. The Hall–Kier alpha value is -1.51. The van der Waals surface area contributed by atoms with Gasteiger partial charge in [-0.25, -0.2) is 0 Å². The lowest BCUT2D eigenvalue weighted by molar-refractivity contribution is 0.197. The van der Waals surface area contributed by atoms with Crippen LogP contribution in [-0.2, 0) is 6.54 Å². The summed E-state index contributed by atoms with van der Waals surface area (Å²) in [6.07, 6.45) is 1.35. The van der Waals surface area contributed by atoms with Crippen molar-refractivity contribution in [2.75, 3.05) is 13.1 Å². The fourth-order valence-electron chi connectivity index (χ4n) is 2.80. The molecule has 2 aromatic carbocycles. The molecule has 3 rings (SSSR count). The van der Waals surface area contributed by atoms with E-state index in [-0.39, 0.29) is 6.10 Å². The molecule has 1 heterocycles. The highest BCUT2D eigenvalue weighted by Gasteiger charge is 2.24. The molecule has 1 aliphatic rings. The molecule has 1 saturated heterocycles. The molecule has 2 aromatic rings. The molecule has 110 valence electrons. The van der Waals surface area contributed by atoms with E-state index in [9.17, 15) is 0 Å². The standard InChI is InChI=1S/C18H20ClNO/c1-14-11-16(19)7-8-18(14)21-17-9-10-20(13-17)12-15-5-3-2-4-6-15/h2-8,11,17H,9-10,12-13H2,1H3. The quantitative estimate of drug-likeness (QED) is 0.835. The van der Waals surface area contributed by atoms with Crippen molar-refractivity contribution < 1.29 is 4.74 Å². The summed E-state index contributed by atoms with van der Waals surface area (Å²) in [5.74, 6) is 0.950. The van der Waals surface area contributed by atoms with E-state index >= 15 is 0 Å². The fraction of sp³-hybridized carbons (Fsp3) is 0.333. The first-order valence-corrected chi connectivity index (χ1v) is 7.77. The summed E-state index contributed by atoms with van der Waals surface area (Å²) in [5, 5.41) is 0.761. The van der Waals surface area contributed by atoms with Gasteiger partial charge in [-0.05, 0) is 42.7 Å². The summed E-state index contributed by atoms with van der Waals surface area (Å²) in [7, 11) is 0. The van der Waals surface area contributed by atoms with Crippen molar-refractivity contribution in [1.29, 1.82) is 0 Å².